The van der Waals surface area contributed by atoms with Gasteiger partial charge in [0.1, 0.15) is 0 Å². The molecular weight excluding hydrogens is 168 g/mol. The summed E-state index contributed by atoms with van der Waals surface area (Å²) in [6, 6.07) is 0. The van der Waals surface area contributed by atoms with Gasteiger partial charge in [-0.05, 0) is 49.4 Å². The number of rotatable bonds is 0. The second kappa shape index (κ2) is 2.65. The Labute approximate surface area is 86.8 Å². The number of allylic oxidation sites excluding steroid dienone is 2. The predicted octanol–water partition coefficient (Wildman–Crippen LogP) is 3.92. The van der Waals surface area contributed by atoms with Crippen LogP contribution in [0.4, 0.5) is 0 Å². The van der Waals surface area contributed by atoms with Gasteiger partial charge >= 0.3 is 0 Å². The van der Waals surface area contributed by atoms with Gasteiger partial charge in [-0.15, -0.1) is 0 Å². The van der Waals surface area contributed by atoms with Crippen LogP contribution in [0, 0.1) is 23.7 Å². The quantitative estimate of drug-likeness (QED) is 0.505. The molecule has 0 heteroatoms. The van der Waals surface area contributed by atoms with Crippen LogP contribution in [0.1, 0.15) is 51.4 Å². The van der Waals surface area contributed by atoms with Crippen molar-refractivity contribution < 1.29 is 0 Å². The third-order valence-electron chi connectivity index (χ3n) is 5.24. The molecule has 4 fully saturated rings. The first-order chi connectivity index (χ1) is 6.97. The van der Waals surface area contributed by atoms with Gasteiger partial charge in [0.2, 0.25) is 0 Å². The van der Waals surface area contributed by atoms with E-state index < -0.39 is 0 Å². The lowest BCUT2D eigenvalue weighted by molar-refractivity contribution is 0.480. The Kier molecular flexibility index (Phi) is 1.51. The maximum atomic E-state index is 2.00. The van der Waals surface area contributed by atoms with Gasteiger partial charge in [0.25, 0.3) is 0 Å². The summed E-state index contributed by atoms with van der Waals surface area (Å²) in [5, 5.41) is 0. The van der Waals surface area contributed by atoms with Crippen LogP contribution in [0.2, 0.25) is 0 Å². The molecule has 4 aliphatic carbocycles. The molecule has 0 radical (unpaired) electrons. The molecule has 0 spiro atoms. The fraction of sp³-hybridized carbons (Fsp3) is 0.857. The molecule has 0 nitrogen and oxygen atoms in total. The van der Waals surface area contributed by atoms with Crippen LogP contribution in [-0.4, -0.2) is 0 Å². The third kappa shape index (κ3) is 0.951. The molecule has 0 N–H and O–H groups in total. The van der Waals surface area contributed by atoms with Crippen molar-refractivity contribution in [3.05, 3.63) is 11.1 Å². The molecule has 4 atom stereocenters. The Morgan fingerprint density at radius 2 is 0.786 bits per heavy atom. The standard InChI is InChI=1S/C14H20/c1-2-6-10-9(5-1)13(10)14-11-7-3-4-8-12(11)14/h9-12H,1-8H2/t9-,10+,11-,12+. The van der Waals surface area contributed by atoms with Gasteiger partial charge in [-0.3, -0.25) is 0 Å². The molecule has 4 saturated carbocycles. The lowest BCUT2D eigenvalue weighted by atomic mass is 10.0. The van der Waals surface area contributed by atoms with Gasteiger partial charge in [0.15, 0.2) is 0 Å². The fourth-order valence-electron chi connectivity index (χ4n) is 4.50. The summed E-state index contributed by atoms with van der Waals surface area (Å²) >= 11 is 0. The van der Waals surface area contributed by atoms with Crippen molar-refractivity contribution in [2.24, 2.45) is 23.7 Å². The SMILES string of the molecule is C1CC[C@H]2C(=C3[C@H]4CCCC[C@@H]34)[C@H]2C1. The van der Waals surface area contributed by atoms with E-state index in [4.69, 9.17) is 0 Å². The van der Waals surface area contributed by atoms with Crippen molar-refractivity contribution in [2.75, 3.05) is 0 Å². The topological polar surface area (TPSA) is 0 Å². The maximum Gasteiger partial charge on any atom is -0.0131 e. The summed E-state index contributed by atoms with van der Waals surface area (Å²) in [7, 11) is 0. The van der Waals surface area contributed by atoms with Crippen molar-refractivity contribution in [1.82, 2.24) is 0 Å². The van der Waals surface area contributed by atoms with Gasteiger partial charge in [-0.2, -0.15) is 0 Å². The highest BCUT2D eigenvalue weighted by molar-refractivity contribution is 5.46. The first kappa shape index (κ1) is 7.96. The van der Waals surface area contributed by atoms with Crippen molar-refractivity contribution in [3.8, 4) is 0 Å². The lowest BCUT2D eigenvalue weighted by Gasteiger charge is -2.04. The van der Waals surface area contributed by atoms with Crippen LogP contribution in [0.5, 0.6) is 0 Å². The first-order valence-electron chi connectivity index (χ1n) is 6.70. The molecule has 4 aliphatic rings. The molecule has 0 aromatic rings. The Bertz CT molecular complexity index is 241. The van der Waals surface area contributed by atoms with Crippen molar-refractivity contribution in [2.45, 2.75) is 51.4 Å². The number of hydrogen-bond acceptors (Lipinski definition) is 0. The lowest BCUT2D eigenvalue weighted by Crippen LogP contribution is -1.91. The molecular formula is C14H20. The minimum atomic E-state index is 1.10. The van der Waals surface area contributed by atoms with Crippen LogP contribution in [0.25, 0.3) is 0 Å². The minimum absolute atomic E-state index is 1.10. The zero-order valence-corrected chi connectivity index (χ0v) is 8.97. The van der Waals surface area contributed by atoms with E-state index in [1.807, 2.05) is 11.1 Å². The Morgan fingerprint density at radius 1 is 0.500 bits per heavy atom. The molecule has 0 aromatic heterocycles. The normalized spacial score (nSPS) is 54.9. The average molecular weight is 188 g/mol. The van der Waals surface area contributed by atoms with Gasteiger partial charge in [0.05, 0.1) is 0 Å². The van der Waals surface area contributed by atoms with E-state index in [-0.39, 0.29) is 0 Å². The van der Waals surface area contributed by atoms with Gasteiger partial charge in [0, 0.05) is 0 Å². The highest BCUT2D eigenvalue weighted by atomic mass is 14.6. The van der Waals surface area contributed by atoms with Crippen LogP contribution >= 0.6 is 0 Å². The van der Waals surface area contributed by atoms with Gasteiger partial charge < -0.3 is 0 Å². The van der Waals surface area contributed by atoms with E-state index in [1.165, 1.54) is 25.7 Å². The minimum Gasteiger partial charge on any atom is -0.0630 e. The molecule has 0 heterocycles. The smallest absolute Gasteiger partial charge is 0.0131 e. The molecule has 4 rings (SSSR count). The van der Waals surface area contributed by atoms with Crippen molar-refractivity contribution in [1.29, 1.82) is 0 Å². The molecule has 76 valence electrons. The third-order valence-corrected chi connectivity index (χ3v) is 5.24. The molecule has 14 heavy (non-hydrogen) atoms. The zero-order chi connectivity index (χ0) is 9.12. The average Bonchev–Trinajstić information content (AvgIpc) is 3.07. The molecule has 0 bridgehead atoms. The largest absolute Gasteiger partial charge is 0.0630 e. The van der Waals surface area contributed by atoms with E-state index in [0.717, 1.165) is 23.7 Å². The monoisotopic (exact) mass is 188 g/mol. The summed E-state index contributed by atoms with van der Waals surface area (Å²) in [4.78, 5) is 0. The zero-order valence-electron chi connectivity index (χ0n) is 8.97. The van der Waals surface area contributed by atoms with Gasteiger partial charge in [-0.1, -0.05) is 36.8 Å². The number of hydrogen-bond donors (Lipinski definition) is 0. The van der Waals surface area contributed by atoms with Crippen molar-refractivity contribution >= 4 is 0 Å². The fourth-order valence-corrected chi connectivity index (χ4v) is 4.50. The molecule has 0 saturated heterocycles. The Balaban J connectivity index is 1.61. The van der Waals surface area contributed by atoms with E-state index in [2.05, 4.69) is 0 Å². The maximum absolute atomic E-state index is 2.00. The summed E-state index contributed by atoms with van der Waals surface area (Å²) in [5.74, 6) is 4.40. The van der Waals surface area contributed by atoms with E-state index in [1.54, 1.807) is 25.7 Å². The second-order valence-electron chi connectivity index (χ2n) is 5.91. The Hall–Kier alpha value is -0.260. The summed E-state index contributed by atoms with van der Waals surface area (Å²) in [6.07, 6.45) is 12.3. The number of fused-ring (bicyclic) bond motifs is 2. The molecule has 0 aromatic carbocycles. The van der Waals surface area contributed by atoms with E-state index >= 15 is 0 Å². The summed E-state index contributed by atoms with van der Waals surface area (Å²) < 4.78 is 0. The van der Waals surface area contributed by atoms with E-state index in [9.17, 15) is 0 Å². The van der Waals surface area contributed by atoms with Crippen LogP contribution < -0.4 is 0 Å². The molecule has 0 amide bonds. The summed E-state index contributed by atoms with van der Waals surface area (Å²) in [6.45, 7) is 0. The Morgan fingerprint density at radius 3 is 1.07 bits per heavy atom. The second-order valence-corrected chi connectivity index (χ2v) is 5.91. The van der Waals surface area contributed by atoms with Crippen LogP contribution in [0.15, 0.2) is 11.1 Å². The first-order valence-corrected chi connectivity index (χ1v) is 6.70. The predicted molar refractivity (Wildman–Crippen MR) is 57.9 cm³/mol. The molecule has 0 unspecified atom stereocenters. The summed E-state index contributed by atoms with van der Waals surface area (Å²) in [5.41, 5.74) is 4.00. The van der Waals surface area contributed by atoms with Crippen LogP contribution in [0.3, 0.4) is 0 Å². The van der Waals surface area contributed by atoms with E-state index in [0.29, 0.717) is 0 Å². The van der Waals surface area contributed by atoms with Gasteiger partial charge in [-0.25, -0.2) is 0 Å². The molecule has 0 aliphatic heterocycles. The highest BCUT2D eigenvalue weighted by Gasteiger charge is 2.55. The van der Waals surface area contributed by atoms with Crippen LogP contribution in [-0.2, 0) is 0 Å². The van der Waals surface area contributed by atoms with Crippen molar-refractivity contribution in [3.63, 3.8) is 0 Å². The highest BCUT2D eigenvalue weighted by Crippen LogP contribution is 2.66.